The number of hydrogen-bond donors (Lipinski definition) is 0. The third-order valence-electron chi connectivity index (χ3n) is 2.23. The van der Waals surface area contributed by atoms with E-state index in [-0.39, 0.29) is 10.0 Å². The van der Waals surface area contributed by atoms with Crippen molar-refractivity contribution in [2.75, 3.05) is 0 Å². The van der Waals surface area contributed by atoms with E-state index in [1.165, 1.54) is 4.52 Å². The van der Waals surface area contributed by atoms with Gasteiger partial charge in [0.05, 0.1) is 11.4 Å². The number of alkyl halides is 2. The molecule has 16 heavy (non-hydrogen) atoms. The molecule has 0 fully saturated rings. The number of nitrogens with zero attached hydrogens (tertiary/aromatic N) is 2. The van der Waals surface area contributed by atoms with E-state index in [0.29, 0.717) is 22.0 Å². The molecule has 2 aromatic heterocycles. The lowest BCUT2D eigenvalue weighted by Crippen LogP contribution is -2.21. The Kier molecular flexibility index (Phi) is 3.36. The van der Waals surface area contributed by atoms with Gasteiger partial charge < -0.3 is 0 Å². The molecule has 0 aromatic carbocycles. The molecule has 4 nitrogen and oxygen atoms in total. The van der Waals surface area contributed by atoms with E-state index in [0.717, 1.165) is 4.52 Å². The van der Waals surface area contributed by atoms with Crippen LogP contribution in [-0.4, -0.2) is 9.03 Å². The summed E-state index contributed by atoms with van der Waals surface area (Å²) in [7, 11) is 0. The Morgan fingerprint density at radius 2 is 1.25 bits per heavy atom. The van der Waals surface area contributed by atoms with E-state index < -0.39 is 11.1 Å². The predicted molar refractivity (Wildman–Crippen MR) is 69.9 cm³/mol. The molecule has 0 saturated carbocycles. The molecule has 0 aliphatic rings. The van der Waals surface area contributed by atoms with Gasteiger partial charge in [-0.15, -0.1) is 0 Å². The zero-order valence-electron chi connectivity index (χ0n) is 7.64. The van der Waals surface area contributed by atoms with E-state index in [1.807, 2.05) is 0 Å². The van der Waals surface area contributed by atoms with E-state index in [1.54, 1.807) is 0 Å². The van der Waals surface area contributed by atoms with Crippen molar-refractivity contribution in [3.63, 3.8) is 0 Å². The summed E-state index contributed by atoms with van der Waals surface area (Å²) in [6.07, 6.45) is 0. The summed E-state index contributed by atoms with van der Waals surface area (Å²) in [4.78, 5) is 23.5. The second kappa shape index (κ2) is 4.33. The standard InChI is InChI=1S/C8H4Br2Cl2N2O2/c9-1-3-5(11)7(15)14-8(16)6(12)4(2-10)13(3)14/h1-2H2. The maximum absolute atomic E-state index is 11.7. The maximum Gasteiger partial charge on any atom is 0.293 e. The summed E-state index contributed by atoms with van der Waals surface area (Å²) < 4.78 is 2.39. The Balaban J connectivity index is 3.12. The SMILES string of the molecule is O=c1c(Cl)c(CBr)n2c(CBr)c(Cl)c(=O)n12. The Morgan fingerprint density at radius 3 is 1.56 bits per heavy atom. The quantitative estimate of drug-likeness (QED) is 0.738. The molecule has 0 radical (unpaired) electrons. The minimum atomic E-state index is -0.546. The first kappa shape index (κ1) is 12.4. The lowest BCUT2D eigenvalue weighted by atomic mass is 10.4. The molecule has 8 heteroatoms. The number of hydrogen-bond acceptors (Lipinski definition) is 2. The van der Waals surface area contributed by atoms with Crippen LogP contribution >= 0.6 is 55.1 Å². The molecule has 0 spiro atoms. The first-order valence-electron chi connectivity index (χ1n) is 4.12. The summed E-state index contributed by atoms with van der Waals surface area (Å²) in [5, 5.41) is 0.796. The second-order valence-corrected chi connectivity index (χ2v) is 4.90. The van der Waals surface area contributed by atoms with Crippen LogP contribution in [-0.2, 0) is 10.7 Å². The normalized spacial score (nSPS) is 11.5. The minimum absolute atomic E-state index is 0.0350. The molecule has 0 amide bonds. The molecular weight excluding hydrogens is 387 g/mol. The van der Waals surface area contributed by atoms with Crippen molar-refractivity contribution < 1.29 is 0 Å². The van der Waals surface area contributed by atoms with Crippen LogP contribution in [0.4, 0.5) is 0 Å². The number of aromatic nitrogens is 2. The van der Waals surface area contributed by atoms with Gasteiger partial charge in [0.2, 0.25) is 0 Å². The highest BCUT2D eigenvalue weighted by Crippen LogP contribution is 2.21. The molecule has 0 unspecified atom stereocenters. The highest BCUT2D eigenvalue weighted by Gasteiger charge is 2.23. The average Bonchev–Trinajstić information content (AvgIpc) is 2.65. The van der Waals surface area contributed by atoms with Gasteiger partial charge in [0.25, 0.3) is 11.1 Å². The Morgan fingerprint density at radius 1 is 0.875 bits per heavy atom. The topological polar surface area (TPSA) is 43.0 Å². The van der Waals surface area contributed by atoms with Gasteiger partial charge in [-0.25, -0.2) is 4.52 Å². The van der Waals surface area contributed by atoms with Crippen LogP contribution in [0, 0.1) is 0 Å². The van der Waals surface area contributed by atoms with Crippen molar-refractivity contribution in [2.45, 2.75) is 10.7 Å². The molecule has 0 bridgehead atoms. The minimum Gasteiger partial charge on any atom is -0.266 e. The fraction of sp³-hybridized carbons (Fsp3) is 0.250. The van der Waals surface area contributed by atoms with Crippen LogP contribution in [0.1, 0.15) is 11.4 Å². The molecule has 86 valence electrons. The third kappa shape index (κ3) is 1.47. The van der Waals surface area contributed by atoms with E-state index in [9.17, 15) is 9.59 Å². The molecule has 0 atom stereocenters. The molecule has 0 aliphatic heterocycles. The molecule has 2 aromatic rings. The van der Waals surface area contributed by atoms with Crippen LogP contribution in [0.15, 0.2) is 9.59 Å². The predicted octanol–water partition coefficient (Wildman–Crippen LogP) is 2.29. The summed E-state index contributed by atoms with van der Waals surface area (Å²) in [6.45, 7) is 0. The smallest absolute Gasteiger partial charge is 0.266 e. The highest BCUT2D eigenvalue weighted by molar-refractivity contribution is 9.08. The van der Waals surface area contributed by atoms with Gasteiger partial charge in [-0.05, 0) is 0 Å². The van der Waals surface area contributed by atoms with Crippen molar-refractivity contribution in [3.05, 3.63) is 42.1 Å². The third-order valence-corrected chi connectivity index (χ3v) is 4.05. The fourth-order valence-electron chi connectivity index (χ4n) is 1.53. The summed E-state index contributed by atoms with van der Waals surface area (Å²) in [6, 6.07) is 0. The van der Waals surface area contributed by atoms with Crippen LogP contribution < -0.4 is 11.1 Å². The van der Waals surface area contributed by atoms with Crippen LogP contribution in [0.2, 0.25) is 10.0 Å². The van der Waals surface area contributed by atoms with Gasteiger partial charge in [-0.1, -0.05) is 55.1 Å². The number of rotatable bonds is 2. The van der Waals surface area contributed by atoms with Gasteiger partial charge in [0.15, 0.2) is 0 Å². The Labute approximate surface area is 116 Å². The molecule has 0 aliphatic carbocycles. The van der Waals surface area contributed by atoms with Gasteiger partial charge in [-0.3, -0.25) is 9.59 Å². The Bertz CT molecular complexity index is 611. The largest absolute Gasteiger partial charge is 0.293 e. The maximum atomic E-state index is 11.7. The lowest BCUT2D eigenvalue weighted by molar-refractivity contribution is 0.764. The summed E-state index contributed by atoms with van der Waals surface area (Å²) in [5.74, 6) is 0. The zero-order chi connectivity index (χ0) is 12.0. The van der Waals surface area contributed by atoms with Gasteiger partial charge in [0.1, 0.15) is 10.0 Å². The van der Waals surface area contributed by atoms with Gasteiger partial charge >= 0.3 is 0 Å². The van der Waals surface area contributed by atoms with E-state index >= 15 is 0 Å². The van der Waals surface area contributed by atoms with Crippen molar-refractivity contribution in [1.29, 1.82) is 0 Å². The number of halogens is 4. The van der Waals surface area contributed by atoms with Crippen molar-refractivity contribution in [3.8, 4) is 0 Å². The molecule has 0 saturated heterocycles. The fourth-order valence-corrected chi connectivity index (χ4v) is 3.34. The molecule has 0 N–H and O–H groups in total. The van der Waals surface area contributed by atoms with Crippen molar-refractivity contribution in [2.24, 2.45) is 0 Å². The Hall–Kier alpha value is -0.0400. The molecule has 2 rings (SSSR count). The number of fused-ring (bicyclic) bond motifs is 1. The molecule has 2 heterocycles. The summed E-state index contributed by atoms with van der Waals surface area (Å²) >= 11 is 18.1. The van der Waals surface area contributed by atoms with Crippen LogP contribution in [0.3, 0.4) is 0 Å². The van der Waals surface area contributed by atoms with Crippen LogP contribution in [0.25, 0.3) is 0 Å². The lowest BCUT2D eigenvalue weighted by Gasteiger charge is -1.98. The van der Waals surface area contributed by atoms with Crippen molar-refractivity contribution >= 4 is 55.1 Å². The average molecular weight is 391 g/mol. The van der Waals surface area contributed by atoms with Crippen molar-refractivity contribution in [1.82, 2.24) is 9.03 Å². The second-order valence-electron chi connectivity index (χ2n) is 3.02. The van der Waals surface area contributed by atoms with E-state index in [2.05, 4.69) is 31.9 Å². The molecular formula is C8H4Br2Cl2N2O2. The van der Waals surface area contributed by atoms with Gasteiger partial charge in [-0.2, -0.15) is 4.52 Å². The zero-order valence-corrected chi connectivity index (χ0v) is 12.3. The highest BCUT2D eigenvalue weighted by atomic mass is 79.9. The first-order chi connectivity index (χ1) is 7.54. The first-order valence-corrected chi connectivity index (χ1v) is 7.12. The summed E-state index contributed by atoms with van der Waals surface area (Å²) in [5.41, 5.74) is -0.0549. The monoisotopic (exact) mass is 388 g/mol. The van der Waals surface area contributed by atoms with Crippen LogP contribution in [0.5, 0.6) is 0 Å². The van der Waals surface area contributed by atoms with Gasteiger partial charge in [0, 0.05) is 10.7 Å². The van der Waals surface area contributed by atoms with E-state index in [4.69, 9.17) is 23.2 Å².